The van der Waals surface area contributed by atoms with Gasteiger partial charge in [-0.2, -0.15) is 0 Å². The smallest absolute Gasteiger partial charge is 0.261 e. The Kier molecular flexibility index (Phi) is 2.70. The van der Waals surface area contributed by atoms with Gasteiger partial charge in [0.1, 0.15) is 5.75 Å². The van der Waals surface area contributed by atoms with E-state index in [0.717, 1.165) is 0 Å². The Morgan fingerprint density at radius 1 is 1.67 bits per heavy atom. The van der Waals surface area contributed by atoms with Crippen LogP contribution in [0.4, 0.5) is 0 Å². The Morgan fingerprint density at radius 2 is 2.33 bits per heavy atom. The first kappa shape index (κ1) is 9.06. The van der Waals surface area contributed by atoms with Crippen LogP contribution in [0.1, 0.15) is 23.5 Å². The molecule has 0 aliphatic rings. The van der Waals surface area contributed by atoms with Crippen molar-refractivity contribution in [3.63, 3.8) is 0 Å². The van der Waals surface area contributed by atoms with Crippen molar-refractivity contribution in [3.8, 4) is 5.75 Å². The molecule has 2 N–H and O–H groups in total. The fourth-order valence-corrected chi connectivity index (χ4v) is 1.45. The summed E-state index contributed by atoms with van der Waals surface area (Å²) >= 11 is 1.24. The molecule has 1 heterocycles. The lowest BCUT2D eigenvalue weighted by molar-refractivity contribution is 0.0947. The summed E-state index contributed by atoms with van der Waals surface area (Å²) in [6.07, 6.45) is 0. The van der Waals surface area contributed by atoms with E-state index in [1.807, 2.05) is 13.8 Å². The first-order chi connectivity index (χ1) is 5.59. The van der Waals surface area contributed by atoms with Gasteiger partial charge in [0.15, 0.2) is 0 Å². The van der Waals surface area contributed by atoms with Crippen LogP contribution < -0.4 is 5.32 Å². The van der Waals surface area contributed by atoms with Crippen molar-refractivity contribution in [2.45, 2.75) is 19.9 Å². The Bertz CT molecular complexity index is 280. The Hall–Kier alpha value is -1.03. The zero-order chi connectivity index (χ0) is 9.14. The molecule has 0 aliphatic heterocycles. The van der Waals surface area contributed by atoms with E-state index in [1.165, 1.54) is 22.8 Å². The van der Waals surface area contributed by atoms with Crippen molar-refractivity contribution in [2.75, 3.05) is 0 Å². The number of amides is 1. The average molecular weight is 185 g/mol. The molecule has 3 nitrogen and oxygen atoms in total. The molecule has 4 heteroatoms. The quantitative estimate of drug-likeness (QED) is 0.735. The lowest BCUT2D eigenvalue weighted by Crippen LogP contribution is -2.29. The molecular weight excluding hydrogens is 174 g/mol. The third kappa shape index (κ3) is 2.23. The van der Waals surface area contributed by atoms with E-state index < -0.39 is 0 Å². The number of carbonyl (C=O) groups excluding carboxylic acids is 1. The van der Waals surface area contributed by atoms with Gasteiger partial charge in [0, 0.05) is 17.5 Å². The first-order valence-electron chi connectivity index (χ1n) is 3.68. The second-order valence-corrected chi connectivity index (χ2v) is 3.71. The predicted molar refractivity (Wildman–Crippen MR) is 48.6 cm³/mol. The second kappa shape index (κ2) is 3.58. The van der Waals surface area contributed by atoms with Crippen LogP contribution in [-0.4, -0.2) is 17.1 Å². The standard InChI is InChI=1S/C8H11NO2S/c1-5(2)9-8(11)7-3-6(10)4-12-7/h3-5,10H,1-2H3,(H,9,11). The number of hydrogen-bond donors (Lipinski definition) is 2. The van der Waals surface area contributed by atoms with Crippen molar-refractivity contribution in [2.24, 2.45) is 0 Å². The summed E-state index contributed by atoms with van der Waals surface area (Å²) in [7, 11) is 0. The van der Waals surface area contributed by atoms with Gasteiger partial charge < -0.3 is 10.4 Å². The van der Waals surface area contributed by atoms with Crippen molar-refractivity contribution < 1.29 is 9.90 Å². The molecule has 66 valence electrons. The Labute approximate surface area is 75.0 Å². The van der Waals surface area contributed by atoms with E-state index in [2.05, 4.69) is 5.32 Å². The van der Waals surface area contributed by atoms with Crippen LogP contribution >= 0.6 is 11.3 Å². The van der Waals surface area contributed by atoms with Crippen LogP contribution in [0.15, 0.2) is 11.4 Å². The van der Waals surface area contributed by atoms with Crippen LogP contribution in [-0.2, 0) is 0 Å². The molecule has 0 radical (unpaired) electrons. The number of rotatable bonds is 2. The summed E-state index contributed by atoms with van der Waals surface area (Å²) < 4.78 is 0. The highest BCUT2D eigenvalue weighted by atomic mass is 32.1. The predicted octanol–water partition coefficient (Wildman–Crippen LogP) is 1.59. The molecule has 1 rings (SSSR count). The maximum Gasteiger partial charge on any atom is 0.261 e. The van der Waals surface area contributed by atoms with E-state index in [0.29, 0.717) is 4.88 Å². The Balaban J connectivity index is 2.65. The van der Waals surface area contributed by atoms with Gasteiger partial charge in [0.25, 0.3) is 5.91 Å². The van der Waals surface area contributed by atoms with E-state index in [-0.39, 0.29) is 17.7 Å². The van der Waals surface area contributed by atoms with Crippen LogP contribution in [0.5, 0.6) is 5.75 Å². The third-order valence-corrected chi connectivity index (χ3v) is 2.15. The summed E-state index contributed by atoms with van der Waals surface area (Å²) in [6, 6.07) is 1.59. The van der Waals surface area contributed by atoms with Crippen molar-refractivity contribution in [1.82, 2.24) is 5.32 Å². The number of thiophene rings is 1. The normalized spacial score (nSPS) is 10.2. The topological polar surface area (TPSA) is 49.3 Å². The highest BCUT2D eigenvalue weighted by molar-refractivity contribution is 7.12. The molecule has 0 unspecified atom stereocenters. The molecule has 0 fully saturated rings. The molecular formula is C8H11NO2S. The minimum absolute atomic E-state index is 0.127. The van der Waals surface area contributed by atoms with Gasteiger partial charge in [-0.3, -0.25) is 4.79 Å². The molecule has 0 spiro atoms. The third-order valence-electron chi connectivity index (χ3n) is 1.23. The fraction of sp³-hybridized carbons (Fsp3) is 0.375. The minimum Gasteiger partial charge on any atom is -0.507 e. The molecule has 12 heavy (non-hydrogen) atoms. The lowest BCUT2D eigenvalue weighted by Gasteiger charge is -2.05. The molecule has 0 aliphatic carbocycles. The SMILES string of the molecule is CC(C)NC(=O)c1cc(O)cs1. The lowest BCUT2D eigenvalue weighted by atomic mass is 10.3. The van der Waals surface area contributed by atoms with E-state index in [1.54, 1.807) is 0 Å². The average Bonchev–Trinajstić information content (AvgIpc) is 2.34. The van der Waals surface area contributed by atoms with Gasteiger partial charge in [0.2, 0.25) is 0 Å². The number of carbonyl (C=O) groups is 1. The molecule has 1 aromatic rings. The molecule has 0 saturated heterocycles. The number of aromatic hydroxyl groups is 1. The molecule has 0 saturated carbocycles. The molecule has 0 aromatic carbocycles. The largest absolute Gasteiger partial charge is 0.507 e. The van der Waals surface area contributed by atoms with Crippen molar-refractivity contribution in [1.29, 1.82) is 0 Å². The van der Waals surface area contributed by atoms with Crippen LogP contribution in [0.25, 0.3) is 0 Å². The Morgan fingerprint density at radius 3 is 2.75 bits per heavy atom. The molecule has 0 atom stereocenters. The summed E-state index contributed by atoms with van der Waals surface area (Å²) in [5.74, 6) is 0.0178. The van der Waals surface area contributed by atoms with Gasteiger partial charge in [-0.05, 0) is 13.8 Å². The summed E-state index contributed by atoms with van der Waals surface area (Å²) in [6.45, 7) is 3.79. The highest BCUT2D eigenvalue weighted by Crippen LogP contribution is 2.19. The summed E-state index contributed by atoms with van der Waals surface area (Å²) in [4.78, 5) is 11.8. The van der Waals surface area contributed by atoms with Crippen LogP contribution in [0, 0.1) is 0 Å². The summed E-state index contributed by atoms with van der Waals surface area (Å²) in [5.41, 5.74) is 0. The minimum atomic E-state index is -0.129. The van der Waals surface area contributed by atoms with E-state index >= 15 is 0 Å². The zero-order valence-electron chi connectivity index (χ0n) is 7.00. The van der Waals surface area contributed by atoms with Crippen molar-refractivity contribution >= 4 is 17.2 Å². The van der Waals surface area contributed by atoms with Gasteiger partial charge in [-0.15, -0.1) is 11.3 Å². The molecule has 0 bridgehead atoms. The molecule has 1 amide bonds. The van der Waals surface area contributed by atoms with Gasteiger partial charge >= 0.3 is 0 Å². The van der Waals surface area contributed by atoms with Crippen LogP contribution in [0.2, 0.25) is 0 Å². The summed E-state index contributed by atoms with van der Waals surface area (Å²) in [5, 5.41) is 13.2. The van der Waals surface area contributed by atoms with Gasteiger partial charge in [-0.25, -0.2) is 0 Å². The zero-order valence-corrected chi connectivity index (χ0v) is 7.81. The monoisotopic (exact) mass is 185 g/mol. The number of hydrogen-bond acceptors (Lipinski definition) is 3. The maximum atomic E-state index is 11.3. The first-order valence-corrected chi connectivity index (χ1v) is 4.56. The van der Waals surface area contributed by atoms with E-state index in [9.17, 15) is 4.79 Å². The van der Waals surface area contributed by atoms with Crippen LogP contribution in [0.3, 0.4) is 0 Å². The fourth-order valence-electron chi connectivity index (χ4n) is 0.779. The highest BCUT2D eigenvalue weighted by Gasteiger charge is 2.08. The van der Waals surface area contributed by atoms with E-state index in [4.69, 9.17) is 5.11 Å². The van der Waals surface area contributed by atoms with Crippen molar-refractivity contribution in [3.05, 3.63) is 16.3 Å². The molecule has 1 aromatic heterocycles. The number of nitrogens with one attached hydrogen (secondary N) is 1. The second-order valence-electron chi connectivity index (χ2n) is 2.80. The van der Waals surface area contributed by atoms with Gasteiger partial charge in [-0.1, -0.05) is 0 Å². The maximum absolute atomic E-state index is 11.3. The van der Waals surface area contributed by atoms with Gasteiger partial charge in [0.05, 0.1) is 4.88 Å².